The molecular formula is C14H17F3N2O3. The highest BCUT2D eigenvalue weighted by Crippen LogP contribution is 2.26. The fraction of sp³-hybridized carbons (Fsp3) is 0.571. The Morgan fingerprint density at radius 2 is 2.09 bits per heavy atom. The van der Waals surface area contributed by atoms with Crippen LogP contribution in [0.2, 0.25) is 0 Å². The second-order valence-electron chi connectivity index (χ2n) is 5.46. The van der Waals surface area contributed by atoms with Crippen LogP contribution in [0.1, 0.15) is 35.8 Å². The number of rotatable bonds is 2. The molecule has 1 aliphatic heterocycles. The van der Waals surface area contributed by atoms with Crippen LogP contribution in [-0.4, -0.2) is 47.8 Å². The van der Waals surface area contributed by atoms with E-state index >= 15 is 0 Å². The van der Waals surface area contributed by atoms with Gasteiger partial charge in [-0.1, -0.05) is 13.8 Å². The minimum atomic E-state index is -4.53. The maximum atomic E-state index is 12.7. The maximum Gasteiger partial charge on any atom is 0.416 e. The van der Waals surface area contributed by atoms with Crippen LogP contribution in [0.25, 0.3) is 0 Å². The first-order valence-electron chi connectivity index (χ1n) is 6.91. The van der Waals surface area contributed by atoms with Gasteiger partial charge in [-0.15, -0.1) is 0 Å². The smallest absolute Gasteiger partial charge is 0.365 e. The van der Waals surface area contributed by atoms with Gasteiger partial charge in [0, 0.05) is 12.2 Å². The number of aromatic nitrogens is 1. The number of hydrogen-bond acceptors (Lipinski definition) is 3. The summed E-state index contributed by atoms with van der Waals surface area (Å²) >= 11 is 0. The van der Waals surface area contributed by atoms with Crippen molar-refractivity contribution in [3.63, 3.8) is 0 Å². The molecule has 1 amide bonds. The summed E-state index contributed by atoms with van der Waals surface area (Å²) in [4.78, 5) is 27.8. The van der Waals surface area contributed by atoms with Gasteiger partial charge in [-0.2, -0.15) is 13.2 Å². The van der Waals surface area contributed by atoms with Crippen molar-refractivity contribution in [3.8, 4) is 0 Å². The minimum absolute atomic E-state index is 0.0246. The van der Waals surface area contributed by atoms with Crippen LogP contribution >= 0.6 is 0 Å². The number of amides is 1. The molecule has 122 valence electrons. The molecule has 1 aromatic rings. The fourth-order valence-corrected chi connectivity index (χ4v) is 2.20. The van der Waals surface area contributed by atoms with Gasteiger partial charge in [-0.25, -0.2) is 0 Å². The average Bonchev–Trinajstić information content (AvgIpc) is 2.45. The molecule has 0 saturated carbocycles. The zero-order valence-corrected chi connectivity index (χ0v) is 12.2. The lowest BCUT2D eigenvalue weighted by Gasteiger charge is -2.33. The lowest BCUT2D eigenvalue weighted by molar-refractivity contribution is -0.233. The molecule has 0 bridgehead atoms. The number of ether oxygens (including phenoxy) is 1. The number of carbonyl (C=O) groups is 1. The van der Waals surface area contributed by atoms with E-state index < -0.39 is 30.3 Å². The van der Waals surface area contributed by atoms with Crippen molar-refractivity contribution in [2.24, 2.45) is 0 Å². The first-order valence-corrected chi connectivity index (χ1v) is 6.91. The molecule has 8 heteroatoms. The van der Waals surface area contributed by atoms with Gasteiger partial charge in [0.2, 0.25) is 0 Å². The molecule has 1 aliphatic rings. The van der Waals surface area contributed by atoms with Crippen LogP contribution in [0, 0.1) is 0 Å². The van der Waals surface area contributed by atoms with Crippen molar-refractivity contribution in [2.45, 2.75) is 32.0 Å². The van der Waals surface area contributed by atoms with Crippen molar-refractivity contribution in [2.75, 3.05) is 19.7 Å². The largest absolute Gasteiger partial charge is 0.416 e. The Balaban J connectivity index is 2.19. The fourth-order valence-electron chi connectivity index (χ4n) is 2.20. The van der Waals surface area contributed by atoms with E-state index in [0.29, 0.717) is 5.69 Å². The van der Waals surface area contributed by atoms with E-state index in [2.05, 4.69) is 9.72 Å². The average molecular weight is 318 g/mol. The van der Waals surface area contributed by atoms with Crippen molar-refractivity contribution >= 4 is 5.91 Å². The quantitative estimate of drug-likeness (QED) is 0.906. The molecule has 1 saturated heterocycles. The van der Waals surface area contributed by atoms with E-state index in [1.54, 1.807) is 6.07 Å². The van der Waals surface area contributed by atoms with Gasteiger partial charge in [0.05, 0.1) is 13.2 Å². The number of carbonyl (C=O) groups excluding carboxylic acids is 1. The second-order valence-corrected chi connectivity index (χ2v) is 5.46. The first kappa shape index (κ1) is 16.5. The SMILES string of the molecule is CC(C)c1ccc(C(=O)N2CCO[C@H](C(F)(F)F)C2)c(=O)[nH]1. The van der Waals surface area contributed by atoms with Crippen LogP contribution in [0.15, 0.2) is 16.9 Å². The Kier molecular flexibility index (Phi) is 4.60. The Labute approximate surface area is 125 Å². The monoisotopic (exact) mass is 318 g/mol. The zero-order valence-electron chi connectivity index (χ0n) is 12.2. The highest BCUT2D eigenvalue weighted by atomic mass is 19.4. The minimum Gasteiger partial charge on any atom is -0.365 e. The lowest BCUT2D eigenvalue weighted by atomic mass is 10.1. The molecule has 0 unspecified atom stereocenters. The van der Waals surface area contributed by atoms with E-state index in [0.717, 1.165) is 4.90 Å². The standard InChI is InChI=1S/C14H17F3N2O3/c1-8(2)10-4-3-9(12(20)18-10)13(21)19-5-6-22-11(7-19)14(15,16)17/h3-4,8,11H,5-7H2,1-2H3,(H,18,20)/t11-/m0/s1. The summed E-state index contributed by atoms with van der Waals surface area (Å²) in [5.41, 5.74) is -0.0878. The number of H-pyrrole nitrogens is 1. The predicted octanol–water partition coefficient (Wildman–Crippen LogP) is 1.90. The van der Waals surface area contributed by atoms with E-state index in [4.69, 9.17) is 0 Å². The number of hydrogen-bond donors (Lipinski definition) is 1. The molecule has 1 N–H and O–H groups in total. The topological polar surface area (TPSA) is 62.4 Å². The molecule has 0 aromatic carbocycles. The lowest BCUT2D eigenvalue weighted by Crippen LogP contribution is -2.51. The van der Waals surface area contributed by atoms with Gasteiger partial charge < -0.3 is 14.6 Å². The number of halogens is 3. The Morgan fingerprint density at radius 3 is 2.64 bits per heavy atom. The zero-order chi connectivity index (χ0) is 16.5. The number of pyridine rings is 1. The second kappa shape index (κ2) is 6.12. The van der Waals surface area contributed by atoms with Crippen LogP contribution in [0.3, 0.4) is 0 Å². The van der Waals surface area contributed by atoms with Crippen LogP contribution < -0.4 is 5.56 Å². The number of alkyl halides is 3. The van der Waals surface area contributed by atoms with E-state index in [-0.39, 0.29) is 24.6 Å². The molecule has 0 aliphatic carbocycles. The first-order chi connectivity index (χ1) is 10.2. The summed E-state index contributed by atoms with van der Waals surface area (Å²) in [6.07, 6.45) is -6.55. The molecule has 2 rings (SSSR count). The third kappa shape index (κ3) is 3.49. The third-order valence-corrected chi connectivity index (χ3v) is 3.50. The van der Waals surface area contributed by atoms with Crippen LogP contribution in [0.5, 0.6) is 0 Å². The van der Waals surface area contributed by atoms with Gasteiger partial charge in [-0.3, -0.25) is 9.59 Å². The van der Waals surface area contributed by atoms with Gasteiger partial charge in [0.15, 0.2) is 6.10 Å². The van der Waals surface area contributed by atoms with Crippen molar-refractivity contribution in [3.05, 3.63) is 33.7 Å². The molecule has 22 heavy (non-hydrogen) atoms. The number of morpholine rings is 1. The highest BCUT2D eigenvalue weighted by Gasteiger charge is 2.44. The van der Waals surface area contributed by atoms with Crippen molar-refractivity contribution in [1.82, 2.24) is 9.88 Å². The summed E-state index contributed by atoms with van der Waals surface area (Å²) in [6.45, 7) is 2.97. The van der Waals surface area contributed by atoms with E-state index in [1.807, 2.05) is 13.8 Å². The summed E-state index contributed by atoms with van der Waals surface area (Å²) in [5, 5.41) is 0. The normalized spacial score (nSPS) is 19.5. The van der Waals surface area contributed by atoms with E-state index in [9.17, 15) is 22.8 Å². The molecular weight excluding hydrogens is 301 g/mol. The summed E-state index contributed by atoms with van der Waals surface area (Å²) in [7, 11) is 0. The van der Waals surface area contributed by atoms with E-state index in [1.165, 1.54) is 6.07 Å². The highest BCUT2D eigenvalue weighted by molar-refractivity contribution is 5.93. The van der Waals surface area contributed by atoms with Gasteiger partial charge in [0.25, 0.3) is 11.5 Å². The number of nitrogens with zero attached hydrogens (tertiary/aromatic N) is 1. The summed E-state index contributed by atoms with van der Waals surface area (Å²) in [5.74, 6) is -0.635. The Hall–Kier alpha value is -1.83. The third-order valence-electron chi connectivity index (χ3n) is 3.50. The maximum absolute atomic E-state index is 12.7. The summed E-state index contributed by atoms with van der Waals surface area (Å²) < 4.78 is 42.6. The molecule has 2 heterocycles. The Morgan fingerprint density at radius 1 is 1.41 bits per heavy atom. The molecule has 1 atom stereocenters. The molecule has 1 aromatic heterocycles. The molecule has 0 spiro atoms. The van der Waals surface area contributed by atoms with Gasteiger partial charge in [-0.05, 0) is 18.1 Å². The summed E-state index contributed by atoms with van der Waals surface area (Å²) in [6, 6.07) is 2.95. The van der Waals surface area contributed by atoms with Gasteiger partial charge in [0.1, 0.15) is 5.56 Å². The van der Waals surface area contributed by atoms with Crippen LogP contribution in [0.4, 0.5) is 13.2 Å². The van der Waals surface area contributed by atoms with Gasteiger partial charge >= 0.3 is 6.18 Å². The molecule has 1 fully saturated rings. The molecule has 5 nitrogen and oxygen atoms in total. The molecule has 0 radical (unpaired) electrons. The number of nitrogens with one attached hydrogen (secondary N) is 1. The van der Waals surface area contributed by atoms with Crippen LogP contribution in [-0.2, 0) is 4.74 Å². The Bertz CT molecular complexity index is 610. The predicted molar refractivity (Wildman–Crippen MR) is 72.9 cm³/mol. The van der Waals surface area contributed by atoms with Crippen molar-refractivity contribution in [1.29, 1.82) is 0 Å². The number of aromatic amines is 1. The van der Waals surface area contributed by atoms with Crippen molar-refractivity contribution < 1.29 is 22.7 Å².